The Kier molecular flexibility index (Phi) is 4.94. The van der Waals surface area contributed by atoms with E-state index in [0.717, 1.165) is 11.8 Å². The molecule has 0 spiro atoms. The summed E-state index contributed by atoms with van der Waals surface area (Å²) in [5.74, 6) is -0.347. The average Bonchev–Trinajstić information content (AvgIpc) is 2.30. The molecular weight excluding hydrogens is 220 g/mol. The van der Waals surface area contributed by atoms with Crippen LogP contribution in [0.2, 0.25) is 0 Å². The zero-order chi connectivity index (χ0) is 12.7. The average molecular weight is 234 g/mol. The molecule has 0 radical (unpaired) electrons. The van der Waals surface area contributed by atoms with E-state index < -0.39 is 5.97 Å². The Morgan fingerprint density at radius 1 is 1.47 bits per heavy atom. The molecule has 0 aromatic heterocycles. The van der Waals surface area contributed by atoms with Gasteiger partial charge in [-0.25, -0.2) is 0 Å². The van der Waals surface area contributed by atoms with Crippen LogP contribution >= 0.6 is 0 Å². The van der Waals surface area contributed by atoms with Gasteiger partial charge in [-0.2, -0.15) is 0 Å². The van der Waals surface area contributed by atoms with Gasteiger partial charge in [0.1, 0.15) is 5.75 Å². The van der Waals surface area contributed by atoms with E-state index in [1.54, 1.807) is 24.3 Å². The van der Waals surface area contributed by atoms with Gasteiger partial charge in [0.2, 0.25) is 0 Å². The highest BCUT2D eigenvalue weighted by Gasteiger charge is 2.02. The number of carbonyl (C=O) groups is 2. The topological polar surface area (TPSA) is 63.6 Å². The van der Waals surface area contributed by atoms with E-state index in [9.17, 15) is 9.59 Å². The zero-order valence-corrected chi connectivity index (χ0v) is 9.55. The van der Waals surface area contributed by atoms with E-state index >= 15 is 0 Å². The van der Waals surface area contributed by atoms with Crippen molar-refractivity contribution in [1.82, 2.24) is 0 Å². The number of ether oxygens (including phenoxy) is 1. The molecule has 0 unspecified atom stereocenters. The van der Waals surface area contributed by atoms with Crippen LogP contribution in [0.5, 0.6) is 5.75 Å². The molecule has 0 aliphatic carbocycles. The molecule has 1 aromatic carbocycles. The highest BCUT2D eigenvalue weighted by Crippen LogP contribution is 2.19. The van der Waals surface area contributed by atoms with Crippen LogP contribution in [0.15, 0.2) is 24.3 Å². The lowest BCUT2D eigenvalue weighted by atomic mass is 10.1. The maximum absolute atomic E-state index is 10.8. The van der Waals surface area contributed by atoms with Crippen molar-refractivity contribution < 1.29 is 19.4 Å². The van der Waals surface area contributed by atoms with E-state index in [0.29, 0.717) is 17.9 Å². The van der Waals surface area contributed by atoms with Crippen LogP contribution in [0.1, 0.15) is 29.3 Å². The molecule has 0 bridgehead atoms. The Morgan fingerprint density at radius 3 is 2.82 bits per heavy atom. The maximum Gasteiger partial charge on any atom is 0.307 e. The first-order chi connectivity index (χ1) is 8.17. The summed E-state index contributed by atoms with van der Waals surface area (Å²) in [5, 5.41) is 8.48. The van der Waals surface area contributed by atoms with Crippen molar-refractivity contribution in [3.8, 4) is 5.75 Å². The Bertz CT molecular complexity index is 435. The molecular formula is C13H14O4. The standard InChI is InChI=1S/C13H14O4/c1-2-17-12-7-6-10(8-11(12)9-14)4-3-5-13(15)16/h3-4,6-9H,2,5H2,1H3,(H,15,16). The van der Waals surface area contributed by atoms with Crippen molar-refractivity contribution in [1.29, 1.82) is 0 Å². The lowest BCUT2D eigenvalue weighted by Gasteiger charge is -2.06. The Balaban J connectivity index is 2.85. The summed E-state index contributed by atoms with van der Waals surface area (Å²) in [7, 11) is 0. The van der Waals surface area contributed by atoms with Crippen molar-refractivity contribution >= 4 is 18.3 Å². The molecule has 0 amide bonds. The Morgan fingerprint density at radius 2 is 2.24 bits per heavy atom. The highest BCUT2D eigenvalue weighted by molar-refractivity contribution is 5.81. The largest absolute Gasteiger partial charge is 0.493 e. The first kappa shape index (κ1) is 13.0. The Hall–Kier alpha value is -2.10. The second kappa shape index (κ2) is 6.48. The van der Waals surface area contributed by atoms with E-state index in [2.05, 4.69) is 0 Å². The summed E-state index contributed by atoms with van der Waals surface area (Å²) in [6.45, 7) is 2.34. The molecule has 1 aromatic rings. The van der Waals surface area contributed by atoms with Gasteiger partial charge in [-0.1, -0.05) is 18.2 Å². The molecule has 1 N–H and O–H groups in total. The maximum atomic E-state index is 10.8. The lowest BCUT2D eigenvalue weighted by molar-refractivity contribution is -0.135. The third-order valence-corrected chi connectivity index (χ3v) is 2.06. The van der Waals surface area contributed by atoms with E-state index in [4.69, 9.17) is 9.84 Å². The van der Waals surface area contributed by atoms with Crippen LogP contribution in [0.25, 0.3) is 6.08 Å². The second-order valence-corrected chi connectivity index (χ2v) is 3.35. The number of benzene rings is 1. The summed E-state index contributed by atoms with van der Waals surface area (Å²) < 4.78 is 5.28. The van der Waals surface area contributed by atoms with E-state index in [1.165, 1.54) is 6.08 Å². The second-order valence-electron chi connectivity index (χ2n) is 3.35. The Labute approximate surface area is 99.5 Å². The normalized spacial score (nSPS) is 10.4. The third-order valence-electron chi connectivity index (χ3n) is 2.06. The van der Waals surface area contributed by atoms with E-state index in [-0.39, 0.29) is 6.42 Å². The van der Waals surface area contributed by atoms with Crippen LogP contribution in [0, 0.1) is 0 Å². The molecule has 0 heterocycles. The van der Waals surface area contributed by atoms with Gasteiger partial charge < -0.3 is 9.84 Å². The van der Waals surface area contributed by atoms with Gasteiger partial charge in [-0.05, 0) is 24.6 Å². The smallest absolute Gasteiger partial charge is 0.307 e. The van der Waals surface area contributed by atoms with Gasteiger partial charge in [-0.15, -0.1) is 0 Å². The monoisotopic (exact) mass is 234 g/mol. The third kappa shape index (κ3) is 4.10. The van der Waals surface area contributed by atoms with E-state index in [1.807, 2.05) is 6.92 Å². The van der Waals surface area contributed by atoms with Crippen molar-refractivity contribution in [2.75, 3.05) is 6.61 Å². The van der Waals surface area contributed by atoms with Crippen LogP contribution in [-0.2, 0) is 4.79 Å². The van der Waals surface area contributed by atoms with Crippen molar-refractivity contribution in [2.24, 2.45) is 0 Å². The number of carboxylic acid groups (broad SMARTS) is 1. The van der Waals surface area contributed by atoms with Gasteiger partial charge in [0.25, 0.3) is 0 Å². The number of hydrogen-bond acceptors (Lipinski definition) is 3. The van der Waals surface area contributed by atoms with Gasteiger partial charge in [-0.3, -0.25) is 9.59 Å². The minimum atomic E-state index is -0.886. The molecule has 1 rings (SSSR count). The fourth-order valence-electron chi connectivity index (χ4n) is 1.35. The van der Waals surface area contributed by atoms with Gasteiger partial charge in [0, 0.05) is 0 Å². The number of rotatable bonds is 6. The van der Waals surface area contributed by atoms with Crippen LogP contribution in [-0.4, -0.2) is 24.0 Å². The number of carboxylic acids is 1. The van der Waals surface area contributed by atoms with Crippen LogP contribution in [0.3, 0.4) is 0 Å². The molecule has 0 atom stereocenters. The summed E-state index contributed by atoms with van der Waals surface area (Å²) >= 11 is 0. The number of carbonyl (C=O) groups excluding carboxylic acids is 1. The summed E-state index contributed by atoms with van der Waals surface area (Å²) in [6, 6.07) is 5.14. The fraction of sp³-hybridized carbons (Fsp3) is 0.231. The summed E-state index contributed by atoms with van der Waals surface area (Å²) in [5.41, 5.74) is 1.24. The van der Waals surface area contributed by atoms with Crippen molar-refractivity contribution in [3.05, 3.63) is 35.4 Å². The first-order valence-corrected chi connectivity index (χ1v) is 5.27. The van der Waals surface area contributed by atoms with Gasteiger partial charge >= 0.3 is 5.97 Å². The van der Waals surface area contributed by atoms with Crippen LogP contribution < -0.4 is 4.74 Å². The quantitative estimate of drug-likeness (QED) is 0.767. The number of hydrogen-bond donors (Lipinski definition) is 1. The molecule has 0 fully saturated rings. The number of aldehydes is 1. The summed E-state index contributed by atoms with van der Waals surface area (Å²) in [6.07, 6.45) is 3.88. The van der Waals surface area contributed by atoms with Crippen LogP contribution in [0.4, 0.5) is 0 Å². The molecule has 4 nitrogen and oxygen atoms in total. The molecule has 0 aliphatic rings. The molecule has 0 aliphatic heterocycles. The minimum Gasteiger partial charge on any atom is -0.493 e. The number of aliphatic carboxylic acids is 1. The SMILES string of the molecule is CCOc1ccc(C=CCC(=O)O)cc1C=O. The molecule has 4 heteroatoms. The fourth-order valence-corrected chi connectivity index (χ4v) is 1.35. The predicted molar refractivity (Wildman–Crippen MR) is 64.3 cm³/mol. The predicted octanol–water partition coefficient (Wildman–Crippen LogP) is 2.39. The van der Waals surface area contributed by atoms with Crippen molar-refractivity contribution in [2.45, 2.75) is 13.3 Å². The van der Waals surface area contributed by atoms with Gasteiger partial charge in [0.15, 0.2) is 6.29 Å². The highest BCUT2D eigenvalue weighted by atomic mass is 16.5. The minimum absolute atomic E-state index is 0.0381. The molecule has 0 saturated heterocycles. The zero-order valence-electron chi connectivity index (χ0n) is 9.55. The lowest BCUT2D eigenvalue weighted by Crippen LogP contribution is -1.96. The molecule has 90 valence electrons. The van der Waals surface area contributed by atoms with Gasteiger partial charge in [0.05, 0.1) is 18.6 Å². The molecule has 17 heavy (non-hydrogen) atoms. The summed E-state index contributed by atoms with van der Waals surface area (Å²) in [4.78, 5) is 21.2. The van der Waals surface area contributed by atoms with Crippen molar-refractivity contribution in [3.63, 3.8) is 0 Å². The molecule has 0 saturated carbocycles. The first-order valence-electron chi connectivity index (χ1n) is 5.27.